The maximum absolute atomic E-state index is 12.0. The van der Waals surface area contributed by atoms with E-state index in [1.165, 1.54) is 0 Å². The van der Waals surface area contributed by atoms with E-state index in [0.717, 1.165) is 19.4 Å². The number of hydrogen-bond donors (Lipinski definition) is 3. The van der Waals surface area contributed by atoms with Crippen LogP contribution in [0.4, 0.5) is 0 Å². The Labute approximate surface area is 102 Å². The molecule has 5 nitrogen and oxygen atoms in total. The molecule has 1 aliphatic rings. The molecule has 98 valence electrons. The Hall–Kier alpha value is -1.10. The Bertz CT molecular complexity index is 293. The number of hydrogen-bond acceptors (Lipinski definition) is 3. The lowest BCUT2D eigenvalue weighted by Gasteiger charge is -2.23. The van der Waals surface area contributed by atoms with Gasteiger partial charge in [-0.2, -0.15) is 0 Å². The minimum Gasteiger partial charge on any atom is -0.480 e. The first-order chi connectivity index (χ1) is 7.97. The van der Waals surface area contributed by atoms with Gasteiger partial charge in [0.05, 0.1) is 5.92 Å². The molecule has 1 saturated heterocycles. The topological polar surface area (TPSA) is 78.4 Å². The monoisotopic (exact) mass is 242 g/mol. The van der Waals surface area contributed by atoms with Gasteiger partial charge in [-0.05, 0) is 25.8 Å². The first-order valence-electron chi connectivity index (χ1n) is 6.24. The van der Waals surface area contributed by atoms with Crippen LogP contribution >= 0.6 is 0 Å². The van der Waals surface area contributed by atoms with Crippen molar-refractivity contribution in [1.82, 2.24) is 10.6 Å². The van der Waals surface area contributed by atoms with Crippen LogP contribution in [0, 0.1) is 11.8 Å². The molecule has 0 radical (unpaired) electrons. The molecule has 0 saturated carbocycles. The maximum Gasteiger partial charge on any atom is 0.326 e. The third-order valence-electron chi connectivity index (χ3n) is 3.64. The highest BCUT2D eigenvalue weighted by molar-refractivity contribution is 5.85. The predicted octanol–water partition coefficient (Wildman–Crippen LogP) is 0.600. The van der Waals surface area contributed by atoms with E-state index in [4.69, 9.17) is 5.11 Å². The van der Waals surface area contributed by atoms with Gasteiger partial charge in [-0.15, -0.1) is 0 Å². The summed E-state index contributed by atoms with van der Waals surface area (Å²) in [5, 5.41) is 15.0. The standard InChI is InChI=1S/C12H22N2O3/c1-4-7(2)10(12(16)17)14-11(15)9-5-6-13-8(9)3/h7-10,13H,4-6H2,1-3H3,(H,14,15)(H,16,17)/t7-,8?,9?,10-/m0/s1. The second-order valence-corrected chi connectivity index (χ2v) is 4.85. The molecule has 0 aromatic carbocycles. The number of rotatable bonds is 5. The fraction of sp³-hybridized carbons (Fsp3) is 0.833. The highest BCUT2D eigenvalue weighted by Gasteiger charge is 2.33. The Balaban J connectivity index is 2.61. The van der Waals surface area contributed by atoms with E-state index < -0.39 is 12.0 Å². The third kappa shape index (κ3) is 3.43. The zero-order chi connectivity index (χ0) is 13.0. The largest absolute Gasteiger partial charge is 0.480 e. The van der Waals surface area contributed by atoms with Crippen LogP contribution in [0.1, 0.15) is 33.6 Å². The van der Waals surface area contributed by atoms with Crippen molar-refractivity contribution >= 4 is 11.9 Å². The molecule has 1 aliphatic heterocycles. The molecular weight excluding hydrogens is 220 g/mol. The fourth-order valence-corrected chi connectivity index (χ4v) is 2.16. The third-order valence-corrected chi connectivity index (χ3v) is 3.64. The van der Waals surface area contributed by atoms with Crippen LogP contribution < -0.4 is 10.6 Å². The number of carbonyl (C=O) groups excluding carboxylic acids is 1. The number of carboxylic acid groups (broad SMARTS) is 1. The molecular formula is C12H22N2O3. The van der Waals surface area contributed by atoms with Gasteiger partial charge in [-0.25, -0.2) is 4.79 Å². The van der Waals surface area contributed by atoms with Crippen LogP contribution in [0.2, 0.25) is 0 Å². The SMILES string of the molecule is CC[C@H](C)[C@H](NC(=O)C1CCNC1C)C(=O)O. The Morgan fingerprint density at radius 1 is 1.53 bits per heavy atom. The van der Waals surface area contributed by atoms with Crippen molar-refractivity contribution < 1.29 is 14.7 Å². The summed E-state index contributed by atoms with van der Waals surface area (Å²) in [6, 6.07) is -0.651. The Morgan fingerprint density at radius 2 is 2.18 bits per heavy atom. The number of nitrogens with one attached hydrogen (secondary N) is 2. The van der Waals surface area contributed by atoms with E-state index in [1.54, 1.807) is 0 Å². The van der Waals surface area contributed by atoms with Gasteiger partial charge in [0.15, 0.2) is 0 Å². The summed E-state index contributed by atoms with van der Waals surface area (Å²) < 4.78 is 0. The summed E-state index contributed by atoms with van der Waals surface area (Å²) in [6.07, 6.45) is 1.51. The van der Waals surface area contributed by atoms with Gasteiger partial charge in [-0.1, -0.05) is 20.3 Å². The molecule has 0 aromatic rings. The number of aliphatic carboxylic acids is 1. The zero-order valence-electron chi connectivity index (χ0n) is 10.7. The summed E-state index contributed by atoms with van der Waals surface area (Å²) in [5.41, 5.74) is 0. The highest BCUT2D eigenvalue weighted by atomic mass is 16.4. The van der Waals surface area contributed by atoms with E-state index in [2.05, 4.69) is 10.6 Å². The summed E-state index contributed by atoms with van der Waals surface area (Å²) in [4.78, 5) is 23.1. The average molecular weight is 242 g/mol. The summed E-state index contributed by atoms with van der Waals surface area (Å²) >= 11 is 0. The maximum atomic E-state index is 12.0. The Kier molecular flexibility index (Phi) is 4.93. The average Bonchev–Trinajstić information content (AvgIpc) is 2.70. The van der Waals surface area contributed by atoms with E-state index in [-0.39, 0.29) is 23.8 Å². The van der Waals surface area contributed by atoms with Crippen molar-refractivity contribution in [2.75, 3.05) is 6.54 Å². The van der Waals surface area contributed by atoms with Crippen molar-refractivity contribution in [2.24, 2.45) is 11.8 Å². The molecule has 0 aromatic heterocycles. The molecule has 1 fully saturated rings. The normalized spacial score (nSPS) is 27.5. The molecule has 5 heteroatoms. The van der Waals surface area contributed by atoms with Crippen LogP contribution in [0.5, 0.6) is 0 Å². The van der Waals surface area contributed by atoms with Crippen LogP contribution in [-0.4, -0.2) is 35.6 Å². The van der Waals surface area contributed by atoms with Crippen molar-refractivity contribution in [3.63, 3.8) is 0 Å². The molecule has 3 N–H and O–H groups in total. The molecule has 1 heterocycles. The first kappa shape index (κ1) is 14.0. The molecule has 0 bridgehead atoms. The number of amides is 1. The van der Waals surface area contributed by atoms with Crippen molar-refractivity contribution in [2.45, 2.75) is 45.7 Å². The van der Waals surface area contributed by atoms with Crippen LogP contribution in [0.25, 0.3) is 0 Å². The van der Waals surface area contributed by atoms with Gasteiger partial charge >= 0.3 is 5.97 Å². The molecule has 4 atom stereocenters. The lowest BCUT2D eigenvalue weighted by Crippen LogP contribution is -2.48. The molecule has 17 heavy (non-hydrogen) atoms. The number of carboxylic acids is 1. The van der Waals surface area contributed by atoms with Gasteiger partial charge in [0.25, 0.3) is 0 Å². The van der Waals surface area contributed by atoms with Gasteiger partial charge in [0.1, 0.15) is 6.04 Å². The lowest BCUT2D eigenvalue weighted by atomic mass is 9.96. The second kappa shape index (κ2) is 6.00. The van der Waals surface area contributed by atoms with Crippen molar-refractivity contribution in [3.8, 4) is 0 Å². The molecule has 1 rings (SSSR count). The molecule has 1 amide bonds. The summed E-state index contributed by atoms with van der Waals surface area (Å²) in [6.45, 7) is 6.54. The van der Waals surface area contributed by atoms with Gasteiger partial charge in [-0.3, -0.25) is 4.79 Å². The molecule has 2 unspecified atom stereocenters. The minimum absolute atomic E-state index is 0.0545. The van der Waals surface area contributed by atoms with E-state index >= 15 is 0 Å². The van der Waals surface area contributed by atoms with E-state index in [1.807, 2.05) is 20.8 Å². The summed E-state index contributed by atoms with van der Waals surface area (Å²) in [7, 11) is 0. The van der Waals surface area contributed by atoms with Gasteiger partial charge in [0, 0.05) is 6.04 Å². The second-order valence-electron chi connectivity index (χ2n) is 4.85. The first-order valence-corrected chi connectivity index (χ1v) is 6.24. The van der Waals surface area contributed by atoms with E-state index in [0.29, 0.717) is 0 Å². The smallest absolute Gasteiger partial charge is 0.326 e. The van der Waals surface area contributed by atoms with Gasteiger partial charge in [0.2, 0.25) is 5.91 Å². The lowest BCUT2D eigenvalue weighted by molar-refractivity contribution is -0.144. The Morgan fingerprint density at radius 3 is 2.59 bits per heavy atom. The zero-order valence-corrected chi connectivity index (χ0v) is 10.7. The molecule has 0 aliphatic carbocycles. The van der Waals surface area contributed by atoms with E-state index in [9.17, 15) is 9.59 Å². The molecule has 0 spiro atoms. The highest BCUT2D eigenvalue weighted by Crippen LogP contribution is 2.16. The quantitative estimate of drug-likeness (QED) is 0.659. The van der Waals surface area contributed by atoms with Crippen LogP contribution in [0.3, 0.4) is 0 Å². The van der Waals surface area contributed by atoms with Gasteiger partial charge < -0.3 is 15.7 Å². The summed E-state index contributed by atoms with van der Waals surface area (Å²) in [5.74, 6) is -1.26. The number of carbonyl (C=O) groups is 2. The minimum atomic E-state index is -0.952. The van der Waals surface area contributed by atoms with Crippen LogP contribution in [-0.2, 0) is 9.59 Å². The predicted molar refractivity (Wildman–Crippen MR) is 64.6 cm³/mol. The van der Waals surface area contributed by atoms with Crippen molar-refractivity contribution in [1.29, 1.82) is 0 Å². The van der Waals surface area contributed by atoms with Crippen LogP contribution in [0.15, 0.2) is 0 Å². The fourth-order valence-electron chi connectivity index (χ4n) is 2.16. The van der Waals surface area contributed by atoms with Crippen molar-refractivity contribution in [3.05, 3.63) is 0 Å².